The summed E-state index contributed by atoms with van der Waals surface area (Å²) in [7, 11) is 3.19. The lowest BCUT2D eigenvalue weighted by atomic mass is 10.1. The van der Waals surface area contributed by atoms with Gasteiger partial charge in [0.1, 0.15) is 17.3 Å². The van der Waals surface area contributed by atoms with E-state index in [-0.39, 0.29) is 0 Å². The molecule has 6 heteroatoms. The predicted octanol–water partition coefficient (Wildman–Crippen LogP) is 0.960. The highest BCUT2D eigenvalue weighted by atomic mass is 16.5. The molecule has 0 aliphatic heterocycles. The molecule has 6 nitrogen and oxygen atoms in total. The lowest BCUT2D eigenvalue weighted by Crippen LogP contribution is -2.14. The molecular formula is C13H15N3O3. The molecule has 19 heavy (non-hydrogen) atoms. The summed E-state index contributed by atoms with van der Waals surface area (Å²) in [5.41, 5.74) is 6.97. The van der Waals surface area contributed by atoms with Crippen LogP contribution in [0.1, 0.15) is 11.1 Å². The zero-order valence-electron chi connectivity index (χ0n) is 10.8. The molecule has 3 N–H and O–H groups in total. The maximum Gasteiger partial charge on any atom is 0.346 e. The number of rotatable bonds is 4. The maximum absolute atomic E-state index is 11.0. The molecule has 0 bridgehead atoms. The van der Waals surface area contributed by atoms with E-state index in [0.29, 0.717) is 23.7 Å². The maximum atomic E-state index is 11.0. The van der Waals surface area contributed by atoms with Crippen molar-refractivity contribution in [2.75, 3.05) is 20.0 Å². The summed E-state index contributed by atoms with van der Waals surface area (Å²) in [6, 6.07) is 5.53. The Hall–Kier alpha value is -2.50. The minimum absolute atomic E-state index is 0.317. The van der Waals surface area contributed by atoms with E-state index in [1.54, 1.807) is 20.3 Å². The van der Waals surface area contributed by atoms with Crippen LogP contribution in [-0.4, -0.2) is 24.2 Å². The summed E-state index contributed by atoms with van der Waals surface area (Å²) in [5, 5.41) is 0. The van der Waals surface area contributed by atoms with Crippen molar-refractivity contribution in [3.05, 3.63) is 46.0 Å². The van der Waals surface area contributed by atoms with Crippen LogP contribution in [0.4, 0.5) is 5.82 Å². The molecule has 0 radical (unpaired) electrons. The zero-order valence-corrected chi connectivity index (χ0v) is 10.8. The van der Waals surface area contributed by atoms with Crippen molar-refractivity contribution in [1.29, 1.82) is 0 Å². The van der Waals surface area contributed by atoms with Gasteiger partial charge in [-0.1, -0.05) is 6.07 Å². The van der Waals surface area contributed by atoms with Gasteiger partial charge in [-0.15, -0.1) is 0 Å². The van der Waals surface area contributed by atoms with E-state index < -0.39 is 5.69 Å². The highest BCUT2D eigenvalue weighted by Crippen LogP contribution is 2.27. The molecule has 0 aliphatic rings. The van der Waals surface area contributed by atoms with Gasteiger partial charge >= 0.3 is 5.69 Å². The third-order valence-corrected chi connectivity index (χ3v) is 2.80. The third-order valence-electron chi connectivity index (χ3n) is 2.80. The van der Waals surface area contributed by atoms with Gasteiger partial charge < -0.3 is 15.2 Å². The number of nitrogens with two attached hydrogens (primary N) is 1. The van der Waals surface area contributed by atoms with Crippen LogP contribution in [-0.2, 0) is 6.42 Å². The fourth-order valence-electron chi connectivity index (χ4n) is 1.78. The summed E-state index contributed by atoms with van der Waals surface area (Å²) in [4.78, 5) is 17.1. The first-order valence-electron chi connectivity index (χ1n) is 5.68. The van der Waals surface area contributed by atoms with Crippen molar-refractivity contribution in [3.63, 3.8) is 0 Å². The third kappa shape index (κ3) is 2.85. The number of benzene rings is 1. The van der Waals surface area contributed by atoms with E-state index in [1.807, 2.05) is 12.1 Å². The molecule has 2 rings (SSSR count). The molecule has 0 saturated heterocycles. The van der Waals surface area contributed by atoms with Crippen LogP contribution in [0.2, 0.25) is 0 Å². The number of H-pyrrole nitrogens is 1. The van der Waals surface area contributed by atoms with Gasteiger partial charge in [-0.3, -0.25) is 4.98 Å². The van der Waals surface area contributed by atoms with Crippen molar-refractivity contribution in [2.24, 2.45) is 0 Å². The average molecular weight is 261 g/mol. The van der Waals surface area contributed by atoms with Crippen LogP contribution in [0.25, 0.3) is 0 Å². The monoisotopic (exact) mass is 261 g/mol. The first-order valence-corrected chi connectivity index (χ1v) is 5.68. The van der Waals surface area contributed by atoms with Crippen LogP contribution in [0.15, 0.2) is 29.2 Å². The van der Waals surface area contributed by atoms with E-state index in [1.165, 1.54) is 6.20 Å². The Balaban J connectivity index is 2.34. The Morgan fingerprint density at radius 2 is 2.05 bits per heavy atom. The van der Waals surface area contributed by atoms with Gasteiger partial charge in [-0.2, -0.15) is 0 Å². The van der Waals surface area contributed by atoms with Crippen molar-refractivity contribution in [2.45, 2.75) is 6.42 Å². The Kier molecular flexibility index (Phi) is 3.70. The number of ether oxygens (including phenoxy) is 2. The summed E-state index contributed by atoms with van der Waals surface area (Å²) in [5.74, 6) is 1.73. The normalized spacial score (nSPS) is 10.2. The van der Waals surface area contributed by atoms with E-state index in [4.69, 9.17) is 15.2 Å². The fourth-order valence-corrected chi connectivity index (χ4v) is 1.78. The number of anilines is 1. The zero-order chi connectivity index (χ0) is 13.8. The Morgan fingerprint density at radius 1 is 1.26 bits per heavy atom. The van der Waals surface area contributed by atoms with Gasteiger partial charge in [-0.25, -0.2) is 9.78 Å². The molecule has 2 aromatic rings. The standard InChI is InChI=1S/C13H15N3O3/c1-18-10-4-3-8(11(6-10)19-2)5-9-7-15-13(17)16-12(9)14/h3-4,6-7H,5H2,1-2H3,(H3,14,15,16,17). The van der Waals surface area contributed by atoms with Crippen LogP contribution in [0.3, 0.4) is 0 Å². The van der Waals surface area contributed by atoms with Gasteiger partial charge in [0.15, 0.2) is 0 Å². The molecule has 1 aromatic carbocycles. The molecule has 100 valence electrons. The SMILES string of the molecule is COc1ccc(Cc2cnc(=O)[nH]c2N)c(OC)c1. The van der Waals surface area contributed by atoms with Gasteiger partial charge in [0.25, 0.3) is 0 Å². The summed E-state index contributed by atoms with van der Waals surface area (Å²) < 4.78 is 10.4. The molecule has 0 unspecified atom stereocenters. The van der Waals surface area contributed by atoms with Gasteiger partial charge in [0, 0.05) is 24.2 Å². The van der Waals surface area contributed by atoms with E-state index in [9.17, 15) is 4.79 Å². The molecule has 0 atom stereocenters. The second-order valence-corrected chi connectivity index (χ2v) is 3.98. The molecule has 0 fully saturated rings. The number of hydrogen-bond acceptors (Lipinski definition) is 5. The second-order valence-electron chi connectivity index (χ2n) is 3.98. The number of nitrogen functional groups attached to an aromatic ring is 1. The number of hydrogen-bond donors (Lipinski definition) is 2. The lowest BCUT2D eigenvalue weighted by molar-refractivity contribution is 0.391. The lowest BCUT2D eigenvalue weighted by Gasteiger charge is -2.11. The summed E-state index contributed by atoms with van der Waals surface area (Å²) in [6.45, 7) is 0. The molecule has 1 heterocycles. The molecular weight excluding hydrogens is 246 g/mol. The number of methoxy groups -OCH3 is 2. The van der Waals surface area contributed by atoms with Gasteiger partial charge in [0.05, 0.1) is 14.2 Å². The van der Waals surface area contributed by atoms with Crippen molar-refractivity contribution >= 4 is 5.82 Å². The van der Waals surface area contributed by atoms with Crippen molar-refractivity contribution < 1.29 is 9.47 Å². The topological polar surface area (TPSA) is 90.2 Å². The molecule has 1 aromatic heterocycles. The minimum Gasteiger partial charge on any atom is -0.497 e. The average Bonchev–Trinajstić information content (AvgIpc) is 2.42. The Morgan fingerprint density at radius 3 is 2.68 bits per heavy atom. The highest BCUT2D eigenvalue weighted by Gasteiger charge is 2.09. The number of aromatic nitrogens is 2. The number of aromatic amines is 1. The van der Waals surface area contributed by atoms with Crippen LogP contribution in [0.5, 0.6) is 11.5 Å². The molecule has 0 spiro atoms. The van der Waals surface area contributed by atoms with Gasteiger partial charge in [0.2, 0.25) is 0 Å². The Labute approximate surface area is 110 Å². The largest absolute Gasteiger partial charge is 0.497 e. The number of nitrogens with zero attached hydrogens (tertiary/aromatic N) is 1. The van der Waals surface area contributed by atoms with E-state index in [2.05, 4.69) is 9.97 Å². The fraction of sp³-hybridized carbons (Fsp3) is 0.231. The predicted molar refractivity (Wildman–Crippen MR) is 71.6 cm³/mol. The molecule has 0 saturated carbocycles. The minimum atomic E-state index is -0.456. The van der Waals surface area contributed by atoms with Crippen molar-refractivity contribution in [3.8, 4) is 11.5 Å². The highest BCUT2D eigenvalue weighted by molar-refractivity contribution is 5.46. The Bertz CT molecular complexity index is 637. The first kappa shape index (κ1) is 12.9. The van der Waals surface area contributed by atoms with E-state index >= 15 is 0 Å². The second kappa shape index (κ2) is 5.43. The first-order chi connectivity index (χ1) is 9.13. The van der Waals surface area contributed by atoms with Gasteiger partial charge in [-0.05, 0) is 11.6 Å². The number of nitrogens with one attached hydrogen (secondary N) is 1. The van der Waals surface area contributed by atoms with Crippen LogP contribution >= 0.6 is 0 Å². The van der Waals surface area contributed by atoms with Crippen LogP contribution < -0.4 is 20.9 Å². The van der Waals surface area contributed by atoms with Crippen LogP contribution in [0, 0.1) is 0 Å². The summed E-state index contributed by atoms with van der Waals surface area (Å²) >= 11 is 0. The van der Waals surface area contributed by atoms with Crippen molar-refractivity contribution in [1.82, 2.24) is 9.97 Å². The summed E-state index contributed by atoms with van der Waals surface area (Å²) in [6.07, 6.45) is 1.99. The van der Waals surface area contributed by atoms with E-state index in [0.717, 1.165) is 11.1 Å². The quantitative estimate of drug-likeness (QED) is 0.855. The molecule has 0 aliphatic carbocycles. The molecule has 0 amide bonds. The smallest absolute Gasteiger partial charge is 0.346 e.